The van der Waals surface area contributed by atoms with Crippen molar-refractivity contribution in [2.24, 2.45) is 0 Å². The lowest BCUT2D eigenvalue weighted by molar-refractivity contribution is -0.138. The second-order valence-electron chi connectivity index (χ2n) is 8.90. The van der Waals surface area contributed by atoms with Crippen LogP contribution in [0.2, 0.25) is 0 Å². The number of piperidine rings is 1. The zero-order valence-corrected chi connectivity index (χ0v) is 22.8. The van der Waals surface area contributed by atoms with Crippen molar-refractivity contribution in [3.8, 4) is 12.3 Å². The van der Waals surface area contributed by atoms with E-state index in [1.54, 1.807) is 11.8 Å². The Labute approximate surface area is 226 Å². The second-order valence-corrected chi connectivity index (χ2v) is 9.60. The van der Waals surface area contributed by atoms with E-state index in [0.717, 1.165) is 11.8 Å². The van der Waals surface area contributed by atoms with Gasteiger partial charge < -0.3 is 9.80 Å². The van der Waals surface area contributed by atoms with Crippen LogP contribution in [0.15, 0.2) is 40.9 Å². The number of nitrogens with zero attached hydrogens (tertiary/aromatic N) is 2. The molecular formula is C27H34Cl2F6N2. The molecule has 0 saturated carbocycles. The number of halogens is 8. The standard InChI is InChI=1S/C20H22Cl2F6N2.C4H8.C3H4/c21-12-15(22)3-7-30-13-18(4-8-29(9-5-18)10-6-19(23,24)25)16-11-14(20(26,27)28)1-2-17(16)30;1-3-4-2;1-3-2/h1-2,11-12H,3-10,13H2;3-4H,1-2H3;1H,2H3/b15-12-;4-3-;. The highest BCUT2D eigenvalue weighted by Crippen LogP contribution is 2.49. The second kappa shape index (κ2) is 14.9. The van der Waals surface area contributed by atoms with Crippen LogP contribution in [-0.4, -0.2) is 43.8 Å². The first-order valence-corrected chi connectivity index (χ1v) is 12.7. The molecule has 0 aromatic heterocycles. The summed E-state index contributed by atoms with van der Waals surface area (Å²) in [6.45, 7) is 7.42. The first kappa shape index (κ1) is 33.2. The lowest BCUT2D eigenvalue weighted by Gasteiger charge is -2.40. The molecule has 2 heterocycles. The molecule has 0 atom stereocenters. The first-order valence-electron chi connectivity index (χ1n) is 11.9. The predicted molar refractivity (Wildman–Crippen MR) is 141 cm³/mol. The minimum Gasteiger partial charge on any atom is -0.370 e. The number of hydrogen-bond acceptors (Lipinski definition) is 2. The van der Waals surface area contributed by atoms with E-state index in [2.05, 4.69) is 12.3 Å². The number of hydrogen-bond donors (Lipinski definition) is 0. The fourth-order valence-electron chi connectivity index (χ4n) is 4.36. The van der Waals surface area contributed by atoms with Crippen molar-refractivity contribution in [2.45, 2.75) is 64.2 Å². The fraction of sp³-hybridized carbons (Fsp3) is 0.556. The Morgan fingerprint density at radius 2 is 1.65 bits per heavy atom. The average Bonchev–Trinajstić information content (AvgIpc) is 3.14. The molecule has 0 radical (unpaired) electrons. The molecule has 1 saturated heterocycles. The Balaban J connectivity index is 0.000000873. The highest BCUT2D eigenvalue weighted by molar-refractivity contribution is 6.36. The third-order valence-electron chi connectivity index (χ3n) is 6.33. The van der Waals surface area contributed by atoms with E-state index in [0.29, 0.717) is 56.0 Å². The summed E-state index contributed by atoms with van der Waals surface area (Å²) in [5.41, 5.74) is 1.40. The van der Waals surface area contributed by atoms with Gasteiger partial charge in [0.1, 0.15) is 0 Å². The Bertz CT molecular complexity index is 936. The maximum atomic E-state index is 13.3. The molecule has 1 aromatic carbocycles. The Hall–Kier alpha value is -1.82. The van der Waals surface area contributed by atoms with Crippen LogP contribution in [-0.2, 0) is 11.6 Å². The maximum Gasteiger partial charge on any atom is 0.416 e. The molecule has 2 aliphatic rings. The average molecular weight is 571 g/mol. The highest BCUT2D eigenvalue weighted by atomic mass is 35.5. The molecule has 1 aromatic rings. The van der Waals surface area contributed by atoms with Crippen LogP contribution in [0.4, 0.5) is 32.0 Å². The Morgan fingerprint density at radius 3 is 2.11 bits per heavy atom. The minimum absolute atomic E-state index is 0.0884. The van der Waals surface area contributed by atoms with Gasteiger partial charge in [-0.25, -0.2) is 0 Å². The Morgan fingerprint density at radius 1 is 1.08 bits per heavy atom. The van der Waals surface area contributed by atoms with Gasteiger partial charge in [0.05, 0.1) is 12.0 Å². The molecule has 0 bridgehead atoms. The molecule has 1 fully saturated rings. The summed E-state index contributed by atoms with van der Waals surface area (Å²) in [6, 6.07) is 3.77. The molecule has 0 aliphatic carbocycles. The van der Waals surface area contributed by atoms with Gasteiger partial charge in [0.25, 0.3) is 0 Å². The number of likely N-dealkylation sites (tertiary alicyclic amines) is 1. The maximum absolute atomic E-state index is 13.3. The highest BCUT2D eigenvalue weighted by Gasteiger charge is 2.46. The van der Waals surface area contributed by atoms with Crippen LogP contribution in [0.5, 0.6) is 0 Å². The molecule has 10 heteroatoms. The fourth-order valence-corrected chi connectivity index (χ4v) is 4.56. The van der Waals surface area contributed by atoms with E-state index in [9.17, 15) is 26.3 Å². The van der Waals surface area contributed by atoms with E-state index >= 15 is 0 Å². The third kappa shape index (κ3) is 10.5. The number of terminal acetylenes is 1. The summed E-state index contributed by atoms with van der Waals surface area (Å²) >= 11 is 11.6. The smallest absolute Gasteiger partial charge is 0.370 e. The Kier molecular flexibility index (Phi) is 13.4. The minimum atomic E-state index is -4.46. The third-order valence-corrected chi connectivity index (χ3v) is 7.00. The molecule has 2 nitrogen and oxygen atoms in total. The van der Waals surface area contributed by atoms with Crippen LogP contribution >= 0.6 is 23.2 Å². The molecule has 3 rings (SSSR count). The van der Waals surface area contributed by atoms with E-state index < -0.39 is 29.8 Å². The summed E-state index contributed by atoms with van der Waals surface area (Å²) in [7, 11) is 0. The van der Waals surface area contributed by atoms with Crippen molar-refractivity contribution in [2.75, 3.05) is 37.6 Å². The van der Waals surface area contributed by atoms with Gasteiger partial charge in [0.2, 0.25) is 0 Å². The van der Waals surface area contributed by atoms with Crippen molar-refractivity contribution in [1.29, 1.82) is 0 Å². The number of anilines is 1. The van der Waals surface area contributed by atoms with E-state index in [1.807, 2.05) is 30.9 Å². The molecule has 0 N–H and O–H groups in total. The van der Waals surface area contributed by atoms with Crippen LogP contribution in [0.3, 0.4) is 0 Å². The van der Waals surface area contributed by atoms with Crippen LogP contribution in [0.25, 0.3) is 0 Å². The molecule has 0 unspecified atom stereocenters. The van der Waals surface area contributed by atoms with Gasteiger partial charge >= 0.3 is 12.4 Å². The normalized spacial score (nSPS) is 17.6. The number of benzene rings is 1. The van der Waals surface area contributed by atoms with Gasteiger partial charge in [-0.05, 0) is 70.5 Å². The summed E-state index contributed by atoms with van der Waals surface area (Å²) in [5.74, 6) is 2.25. The first-order chi connectivity index (χ1) is 17.3. The summed E-state index contributed by atoms with van der Waals surface area (Å²) in [5, 5.41) is 0.452. The molecule has 208 valence electrons. The zero-order valence-electron chi connectivity index (χ0n) is 21.3. The van der Waals surface area contributed by atoms with Crippen molar-refractivity contribution in [1.82, 2.24) is 4.90 Å². The molecule has 1 spiro atoms. The molecule has 0 amide bonds. The monoisotopic (exact) mass is 570 g/mol. The number of alkyl halides is 6. The summed E-state index contributed by atoms with van der Waals surface area (Å²) < 4.78 is 77.5. The number of allylic oxidation sites excluding steroid dienone is 2. The van der Waals surface area contributed by atoms with Crippen LogP contribution < -0.4 is 4.90 Å². The van der Waals surface area contributed by atoms with Gasteiger partial charge in [-0.15, -0.1) is 12.3 Å². The number of rotatable bonds is 5. The van der Waals surface area contributed by atoms with Crippen molar-refractivity contribution in [3.63, 3.8) is 0 Å². The van der Waals surface area contributed by atoms with Gasteiger partial charge in [-0.2, -0.15) is 26.3 Å². The summed E-state index contributed by atoms with van der Waals surface area (Å²) in [6.07, 6.45) is 0.511. The predicted octanol–water partition coefficient (Wildman–Crippen LogP) is 8.74. The largest absolute Gasteiger partial charge is 0.416 e. The number of fused-ring (bicyclic) bond motifs is 2. The van der Waals surface area contributed by atoms with E-state index in [1.165, 1.54) is 17.7 Å². The molecule has 2 aliphatic heterocycles. The van der Waals surface area contributed by atoms with Gasteiger partial charge in [0.15, 0.2) is 0 Å². The van der Waals surface area contributed by atoms with E-state index in [-0.39, 0.29) is 6.54 Å². The van der Waals surface area contributed by atoms with Gasteiger partial charge in [0, 0.05) is 47.7 Å². The zero-order chi connectivity index (χ0) is 28.3. The van der Waals surface area contributed by atoms with E-state index in [4.69, 9.17) is 23.2 Å². The lowest BCUT2D eigenvalue weighted by atomic mass is 9.74. The van der Waals surface area contributed by atoms with Crippen molar-refractivity contribution < 1.29 is 26.3 Å². The SMILES string of the molecule is C#CC.C/C=C\C.FC(F)(F)CCN1CCC2(CC1)CN(CC/C(Cl)=C/Cl)c1ccc(C(F)(F)F)cc12. The lowest BCUT2D eigenvalue weighted by Crippen LogP contribution is -2.46. The van der Waals surface area contributed by atoms with Gasteiger partial charge in [-0.3, -0.25) is 0 Å². The molecular weight excluding hydrogens is 537 g/mol. The van der Waals surface area contributed by atoms with Crippen LogP contribution in [0.1, 0.15) is 57.6 Å². The van der Waals surface area contributed by atoms with Gasteiger partial charge in [-0.1, -0.05) is 35.4 Å². The van der Waals surface area contributed by atoms with Crippen LogP contribution in [0, 0.1) is 12.3 Å². The van der Waals surface area contributed by atoms with Crippen molar-refractivity contribution >= 4 is 28.9 Å². The summed E-state index contributed by atoms with van der Waals surface area (Å²) in [4.78, 5) is 3.74. The van der Waals surface area contributed by atoms with Crippen molar-refractivity contribution in [3.05, 3.63) is 52.0 Å². The topological polar surface area (TPSA) is 6.48 Å². The molecule has 37 heavy (non-hydrogen) atoms. The quantitative estimate of drug-likeness (QED) is 0.198.